The molecule has 0 bridgehead atoms. The molecule has 0 fully saturated rings. The Morgan fingerprint density at radius 1 is 1.20 bits per heavy atom. The van der Waals surface area contributed by atoms with Crippen molar-refractivity contribution in [2.45, 2.75) is 33.3 Å². The molecule has 1 heterocycles. The van der Waals surface area contributed by atoms with Gasteiger partial charge in [-0.3, -0.25) is 4.79 Å². The van der Waals surface area contributed by atoms with Crippen LogP contribution in [-0.2, 0) is 16.0 Å². The molecule has 0 aliphatic heterocycles. The van der Waals surface area contributed by atoms with Crippen molar-refractivity contribution < 1.29 is 19.1 Å². The fourth-order valence-corrected chi connectivity index (χ4v) is 3.29. The first kappa shape index (κ1) is 19.0. The summed E-state index contributed by atoms with van der Waals surface area (Å²) in [5, 5.41) is 2.79. The van der Waals surface area contributed by atoms with Gasteiger partial charge in [-0.2, -0.15) is 0 Å². The zero-order valence-electron chi connectivity index (χ0n) is 14.9. The van der Waals surface area contributed by atoms with Crippen LogP contribution in [0.5, 0.6) is 5.75 Å². The molecule has 0 unspecified atom stereocenters. The topological polar surface area (TPSA) is 64.6 Å². The van der Waals surface area contributed by atoms with E-state index < -0.39 is 12.1 Å². The Labute approximate surface area is 152 Å². The first-order chi connectivity index (χ1) is 11.9. The summed E-state index contributed by atoms with van der Waals surface area (Å²) < 4.78 is 10.4. The standard InChI is InChI=1S/C19H23NO4S/c1-12-11-17(14(3)25-12)19(22)24-13(2)18(21)20-10-9-15-5-7-16(23-4)8-6-15/h5-8,11,13H,9-10H2,1-4H3,(H,20,21)/t13-/m1/s1. The van der Waals surface area contributed by atoms with Gasteiger partial charge in [-0.15, -0.1) is 11.3 Å². The fourth-order valence-electron chi connectivity index (χ4n) is 2.38. The van der Waals surface area contributed by atoms with Crippen LogP contribution in [0.2, 0.25) is 0 Å². The van der Waals surface area contributed by atoms with Crippen LogP contribution in [0.4, 0.5) is 0 Å². The molecule has 0 saturated carbocycles. The summed E-state index contributed by atoms with van der Waals surface area (Å²) in [6, 6.07) is 9.46. The molecule has 0 aliphatic rings. The molecule has 1 amide bonds. The minimum atomic E-state index is -0.831. The lowest BCUT2D eigenvalue weighted by Gasteiger charge is -2.13. The van der Waals surface area contributed by atoms with Crippen molar-refractivity contribution >= 4 is 23.2 Å². The summed E-state index contributed by atoms with van der Waals surface area (Å²) in [5.74, 6) is 0.0402. The van der Waals surface area contributed by atoms with Crippen molar-refractivity contribution in [2.75, 3.05) is 13.7 Å². The van der Waals surface area contributed by atoms with E-state index in [0.29, 0.717) is 18.5 Å². The second kappa shape index (κ2) is 8.67. The van der Waals surface area contributed by atoms with Crippen molar-refractivity contribution in [3.05, 3.63) is 51.2 Å². The average molecular weight is 361 g/mol. The molecule has 0 spiro atoms. The summed E-state index contributed by atoms with van der Waals surface area (Å²) in [6.07, 6.45) is -0.137. The molecular weight excluding hydrogens is 338 g/mol. The van der Waals surface area contributed by atoms with E-state index in [1.165, 1.54) is 11.3 Å². The Balaban J connectivity index is 1.79. The molecule has 0 saturated heterocycles. The maximum atomic E-state index is 12.1. The molecular formula is C19H23NO4S. The zero-order valence-corrected chi connectivity index (χ0v) is 15.7. The van der Waals surface area contributed by atoms with E-state index in [1.54, 1.807) is 20.1 Å². The van der Waals surface area contributed by atoms with E-state index in [2.05, 4.69) is 5.32 Å². The number of aryl methyl sites for hydroxylation is 2. The smallest absolute Gasteiger partial charge is 0.340 e. The Hall–Kier alpha value is -2.34. The maximum absolute atomic E-state index is 12.1. The lowest BCUT2D eigenvalue weighted by Crippen LogP contribution is -2.36. The van der Waals surface area contributed by atoms with Gasteiger partial charge in [0.15, 0.2) is 6.10 Å². The fraction of sp³-hybridized carbons (Fsp3) is 0.368. The van der Waals surface area contributed by atoms with Crippen molar-refractivity contribution in [3.8, 4) is 5.75 Å². The van der Waals surface area contributed by atoms with Crippen LogP contribution in [0.15, 0.2) is 30.3 Å². The van der Waals surface area contributed by atoms with Crippen molar-refractivity contribution in [1.82, 2.24) is 5.32 Å². The van der Waals surface area contributed by atoms with Crippen LogP contribution in [0.3, 0.4) is 0 Å². The van der Waals surface area contributed by atoms with Gasteiger partial charge in [0.25, 0.3) is 5.91 Å². The van der Waals surface area contributed by atoms with E-state index in [4.69, 9.17) is 9.47 Å². The van der Waals surface area contributed by atoms with Gasteiger partial charge in [0.2, 0.25) is 0 Å². The summed E-state index contributed by atoms with van der Waals surface area (Å²) in [4.78, 5) is 26.2. The SMILES string of the molecule is COc1ccc(CCNC(=O)[C@@H](C)OC(=O)c2cc(C)sc2C)cc1. The summed E-state index contributed by atoms with van der Waals surface area (Å²) >= 11 is 1.54. The van der Waals surface area contributed by atoms with Gasteiger partial charge in [-0.1, -0.05) is 12.1 Å². The van der Waals surface area contributed by atoms with Crippen LogP contribution in [0.1, 0.15) is 32.6 Å². The van der Waals surface area contributed by atoms with Crippen molar-refractivity contribution in [1.29, 1.82) is 0 Å². The van der Waals surface area contributed by atoms with E-state index >= 15 is 0 Å². The molecule has 1 aromatic carbocycles. The number of amides is 1. The van der Waals surface area contributed by atoms with Gasteiger partial charge in [-0.05, 0) is 51.0 Å². The summed E-state index contributed by atoms with van der Waals surface area (Å²) in [7, 11) is 1.62. The third kappa shape index (κ3) is 5.32. The van der Waals surface area contributed by atoms with Gasteiger partial charge >= 0.3 is 5.97 Å². The molecule has 2 rings (SSSR count). The molecule has 2 aromatic rings. The second-order valence-corrected chi connectivity index (χ2v) is 7.22. The zero-order chi connectivity index (χ0) is 18.4. The van der Waals surface area contributed by atoms with Crippen LogP contribution in [0, 0.1) is 13.8 Å². The number of rotatable bonds is 7. The molecule has 5 nitrogen and oxygen atoms in total. The van der Waals surface area contributed by atoms with Gasteiger partial charge in [0.05, 0.1) is 12.7 Å². The molecule has 1 atom stereocenters. The maximum Gasteiger partial charge on any atom is 0.340 e. The summed E-state index contributed by atoms with van der Waals surface area (Å²) in [5.41, 5.74) is 1.62. The number of esters is 1. The second-order valence-electron chi connectivity index (χ2n) is 5.76. The molecule has 1 N–H and O–H groups in total. The highest BCUT2D eigenvalue weighted by Crippen LogP contribution is 2.21. The number of nitrogens with one attached hydrogen (secondary N) is 1. The molecule has 134 valence electrons. The van der Waals surface area contributed by atoms with Gasteiger partial charge in [0, 0.05) is 16.3 Å². The van der Waals surface area contributed by atoms with Crippen molar-refractivity contribution in [2.24, 2.45) is 0 Å². The van der Waals surface area contributed by atoms with E-state index in [-0.39, 0.29) is 5.91 Å². The number of ether oxygens (including phenoxy) is 2. The van der Waals surface area contributed by atoms with Crippen LogP contribution >= 0.6 is 11.3 Å². The number of hydrogen-bond donors (Lipinski definition) is 1. The summed E-state index contributed by atoms with van der Waals surface area (Å²) in [6.45, 7) is 5.86. The minimum absolute atomic E-state index is 0.300. The van der Waals surface area contributed by atoms with Crippen LogP contribution in [0.25, 0.3) is 0 Å². The highest BCUT2D eigenvalue weighted by atomic mass is 32.1. The highest BCUT2D eigenvalue weighted by molar-refractivity contribution is 7.12. The minimum Gasteiger partial charge on any atom is -0.497 e. The Kier molecular flexibility index (Phi) is 6.58. The van der Waals surface area contributed by atoms with E-state index in [1.807, 2.05) is 38.1 Å². The Morgan fingerprint density at radius 2 is 1.88 bits per heavy atom. The van der Waals surface area contributed by atoms with E-state index in [9.17, 15) is 9.59 Å². The highest BCUT2D eigenvalue weighted by Gasteiger charge is 2.20. The lowest BCUT2D eigenvalue weighted by molar-refractivity contribution is -0.129. The predicted octanol–water partition coefficient (Wildman–Crippen LogP) is 3.28. The quantitative estimate of drug-likeness (QED) is 0.769. The normalized spacial score (nSPS) is 11.7. The third-order valence-electron chi connectivity index (χ3n) is 3.79. The first-order valence-electron chi connectivity index (χ1n) is 8.09. The van der Waals surface area contributed by atoms with Crippen LogP contribution in [-0.4, -0.2) is 31.6 Å². The third-order valence-corrected chi connectivity index (χ3v) is 4.75. The molecule has 6 heteroatoms. The number of carbonyl (C=O) groups is 2. The largest absolute Gasteiger partial charge is 0.497 e. The van der Waals surface area contributed by atoms with E-state index in [0.717, 1.165) is 21.1 Å². The van der Waals surface area contributed by atoms with Crippen molar-refractivity contribution in [3.63, 3.8) is 0 Å². The molecule has 25 heavy (non-hydrogen) atoms. The number of thiophene rings is 1. The number of hydrogen-bond acceptors (Lipinski definition) is 5. The lowest BCUT2D eigenvalue weighted by atomic mass is 10.1. The molecule has 0 radical (unpaired) electrons. The first-order valence-corrected chi connectivity index (χ1v) is 8.91. The predicted molar refractivity (Wildman–Crippen MR) is 98.4 cm³/mol. The van der Waals surface area contributed by atoms with Gasteiger partial charge in [-0.25, -0.2) is 4.79 Å². The molecule has 0 aliphatic carbocycles. The number of methoxy groups -OCH3 is 1. The Bertz CT molecular complexity index is 736. The number of carbonyl (C=O) groups excluding carboxylic acids is 2. The number of benzene rings is 1. The molecule has 1 aromatic heterocycles. The van der Waals surface area contributed by atoms with Crippen LogP contribution < -0.4 is 10.1 Å². The van der Waals surface area contributed by atoms with Gasteiger partial charge in [0.1, 0.15) is 5.75 Å². The average Bonchev–Trinajstić information content (AvgIpc) is 2.93. The Morgan fingerprint density at radius 3 is 2.44 bits per heavy atom. The monoisotopic (exact) mass is 361 g/mol. The van der Waals surface area contributed by atoms with Gasteiger partial charge < -0.3 is 14.8 Å².